The van der Waals surface area contributed by atoms with Crippen molar-refractivity contribution in [2.45, 2.75) is 6.92 Å². The third kappa shape index (κ3) is 2.26. The van der Waals surface area contributed by atoms with Crippen molar-refractivity contribution in [3.63, 3.8) is 0 Å². The van der Waals surface area contributed by atoms with Gasteiger partial charge in [0.1, 0.15) is 11.6 Å². The number of hydrogen-bond acceptors (Lipinski definition) is 1. The van der Waals surface area contributed by atoms with E-state index in [2.05, 4.69) is 25.9 Å². The molecular formula is C14H9BrClFN2. The average Bonchev–Trinajstić information content (AvgIpc) is 2.72. The number of H-pyrrole nitrogens is 1. The number of aromatic nitrogens is 2. The first-order chi connectivity index (χ1) is 9.04. The summed E-state index contributed by atoms with van der Waals surface area (Å²) in [6.45, 7) is 1.92. The Balaban J connectivity index is 2.20. The van der Waals surface area contributed by atoms with Gasteiger partial charge in [-0.05, 0) is 42.8 Å². The zero-order chi connectivity index (χ0) is 13.6. The Morgan fingerprint density at radius 2 is 2.05 bits per heavy atom. The second-order valence-corrected chi connectivity index (χ2v) is 5.65. The van der Waals surface area contributed by atoms with E-state index < -0.39 is 0 Å². The molecular weight excluding hydrogens is 331 g/mol. The number of aryl methyl sites for hydroxylation is 1. The Morgan fingerprint density at radius 3 is 2.79 bits per heavy atom. The lowest BCUT2D eigenvalue weighted by Crippen LogP contribution is -1.86. The minimum absolute atomic E-state index is 0.323. The molecule has 19 heavy (non-hydrogen) atoms. The van der Waals surface area contributed by atoms with Crippen LogP contribution in [0, 0.1) is 12.7 Å². The molecule has 1 heterocycles. The molecule has 1 aromatic heterocycles. The molecule has 96 valence electrons. The molecule has 0 saturated heterocycles. The molecule has 0 bridgehead atoms. The van der Waals surface area contributed by atoms with Gasteiger partial charge >= 0.3 is 0 Å². The van der Waals surface area contributed by atoms with Gasteiger partial charge in [-0.3, -0.25) is 0 Å². The summed E-state index contributed by atoms with van der Waals surface area (Å²) in [5.41, 5.74) is 2.97. The lowest BCUT2D eigenvalue weighted by Gasteiger charge is -1.99. The van der Waals surface area contributed by atoms with Crippen LogP contribution in [0.4, 0.5) is 4.39 Å². The third-order valence-corrected chi connectivity index (χ3v) is 3.85. The molecule has 0 saturated carbocycles. The predicted molar refractivity (Wildman–Crippen MR) is 78.9 cm³/mol. The van der Waals surface area contributed by atoms with Crippen molar-refractivity contribution in [2.75, 3.05) is 0 Å². The van der Waals surface area contributed by atoms with Gasteiger partial charge in [0.05, 0.1) is 16.6 Å². The van der Waals surface area contributed by atoms with Crippen molar-refractivity contribution < 1.29 is 4.39 Å². The number of nitrogens with one attached hydrogen (secondary N) is 1. The van der Waals surface area contributed by atoms with Gasteiger partial charge in [0, 0.05) is 9.50 Å². The van der Waals surface area contributed by atoms with Crippen molar-refractivity contribution >= 4 is 38.6 Å². The summed E-state index contributed by atoms with van der Waals surface area (Å²) in [6, 6.07) is 8.57. The molecule has 0 amide bonds. The number of imidazole rings is 1. The summed E-state index contributed by atoms with van der Waals surface area (Å²) in [5.74, 6) is 0.179. The monoisotopic (exact) mass is 338 g/mol. The number of nitrogens with zero attached hydrogens (tertiary/aromatic N) is 1. The van der Waals surface area contributed by atoms with E-state index in [9.17, 15) is 4.39 Å². The van der Waals surface area contributed by atoms with Gasteiger partial charge in [-0.15, -0.1) is 0 Å². The number of fused-ring (bicyclic) bond motifs is 1. The summed E-state index contributed by atoms with van der Waals surface area (Å²) in [7, 11) is 0. The van der Waals surface area contributed by atoms with E-state index in [1.54, 1.807) is 18.2 Å². The van der Waals surface area contributed by atoms with Crippen LogP contribution in [-0.4, -0.2) is 9.97 Å². The Morgan fingerprint density at radius 1 is 1.26 bits per heavy atom. The molecule has 0 spiro atoms. The van der Waals surface area contributed by atoms with E-state index in [0.29, 0.717) is 20.9 Å². The van der Waals surface area contributed by atoms with Gasteiger partial charge < -0.3 is 4.98 Å². The maximum atomic E-state index is 13.9. The Bertz CT molecular complexity index is 743. The van der Waals surface area contributed by atoms with Crippen molar-refractivity contribution in [3.05, 3.63) is 51.2 Å². The smallest absolute Gasteiger partial charge is 0.141 e. The predicted octanol–water partition coefficient (Wildman–Crippen LogP) is 5.09. The molecule has 2 aromatic carbocycles. The first-order valence-electron chi connectivity index (χ1n) is 5.66. The van der Waals surface area contributed by atoms with Crippen LogP contribution < -0.4 is 0 Å². The van der Waals surface area contributed by atoms with Crippen LogP contribution >= 0.6 is 27.5 Å². The highest BCUT2D eigenvalue weighted by Crippen LogP contribution is 2.28. The van der Waals surface area contributed by atoms with Crippen LogP contribution in [0.2, 0.25) is 5.02 Å². The van der Waals surface area contributed by atoms with E-state index in [-0.39, 0.29) is 5.82 Å². The van der Waals surface area contributed by atoms with Crippen LogP contribution in [0.3, 0.4) is 0 Å². The van der Waals surface area contributed by atoms with Crippen LogP contribution in [0.5, 0.6) is 0 Å². The number of rotatable bonds is 1. The van der Waals surface area contributed by atoms with E-state index in [1.807, 2.05) is 13.0 Å². The minimum atomic E-state index is -0.323. The number of benzene rings is 2. The first-order valence-corrected chi connectivity index (χ1v) is 6.83. The SMILES string of the molecule is Cc1cc2[nH]c(-c3ccc(Br)cc3F)nc2cc1Cl. The fourth-order valence-electron chi connectivity index (χ4n) is 1.95. The number of hydrogen-bond donors (Lipinski definition) is 1. The summed E-state index contributed by atoms with van der Waals surface area (Å²) >= 11 is 9.30. The first kappa shape index (κ1) is 12.6. The zero-order valence-corrected chi connectivity index (χ0v) is 12.3. The molecule has 0 aliphatic heterocycles. The van der Waals surface area contributed by atoms with Crippen molar-refractivity contribution in [2.24, 2.45) is 0 Å². The van der Waals surface area contributed by atoms with Crippen LogP contribution in [0.1, 0.15) is 5.56 Å². The normalized spacial score (nSPS) is 11.2. The Labute approximate surface area is 122 Å². The molecule has 0 fully saturated rings. The quantitative estimate of drug-likeness (QED) is 0.657. The van der Waals surface area contributed by atoms with Gasteiger partial charge in [0.2, 0.25) is 0 Å². The molecule has 0 radical (unpaired) electrons. The van der Waals surface area contributed by atoms with E-state index >= 15 is 0 Å². The lowest BCUT2D eigenvalue weighted by atomic mass is 10.2. The average molecular weight is 340 g/mol. The fourth-order valence-corrected chi connectivity index (χ4v) is 2.44. The maximum absolute atomic E-state index is 13.9. The molecule has 0 atom stereocenters. The third-order valence-electron chi connectivity index (χ3n) is 2.95. The summed E-state index contributed by atoms with van der Waals surface area (Å²) < 4.78 is 14.6. The molecule has 0 aliphatic carbocycles. The van der Waals surface area contributed by atoms with Gasteiger partial charge in [0.15, 0.2) is 0 Å². The van der Waals surface area contributed by atoms with Gasteiger partial charge in [0.25, 0.3) is 0 Å². The Hall–Kier alpha value is -1.39. The van der Waals surface area contributed by atoms with Gasteiger partial charge in [-0.25, -0.2) is 9.37 Å². The molecule has 0 aliphatic rings. The second-order valence-electron chi connectivity index (χ2n) is 4.33. The summed E-state index contributed by atoms with van der Waals surface area (Å²) in [6.07, 6.45) is 0. The molecule has 3 aromatic rings. The van der Waals surface area contributed by atoms with E-state index in [1.165, 1.54) is 6.07 Å². The molecule has 2 nitrogen and oxygen atoms in total. The van der Waals surface area contributed by atoms with Crippen molar-refractivity contribution in [1.82, 2.24) is 9.97 Å². The number of halogens is 3. The van der Waals surface area contributed by atoms with E-state index in [4.69, 9.17) is 11.6 Å². The minimum Gasteiger partial charge on any atom is -0.338 e. The molecule has 5 heteroatoms. The highest BCUT2D eigenvalue weighted by Gasteiger charge is 2.11. The Kier molecular flexibility index (Phi) is 3.07. The van der Waals surface area contributed by atoms with Crippen LogP contribution in [0.15, 0.2) is 34.8 Å². The largest absolute Gasteiger partial charge is 0.338 e. The van der Waals surface area contributed by atoms with Crippen LogP contribution in [-0.2, 0) is 0 Å². The second kappa shape index (κ2) is 4.62. The van der Waals surface area contributed by atoms with Gasteiger partial charge in [-0.2, -0.15) is 0 Å². The zero-order valence-electron chi connectivity index (χ0n) is 9.97. The van der Waals surface area contributed by atoms with Gasteiger partial charge in [-0.1, -0.05) is 27.5 Å². The van der Waals surface area contributed by atoms with Crippen molar-refractivity contribution in [3.8, 4) is 11.4 Å². The molecule has 3 rings (SSSR count). The lowest BCUT2D eigenvalue weighted by molar-refractivity contribution is 0.629. The van der Waals surface area contributed by atoms with Crippen molar-refractivity contribution in [1.29, 1.82) is 0 Å². The molecule has 0 unspecified atom stereocenters. The highest BCUT2D eigenvalue weighted by molar-refractivity contribution is 9.10. The van der Waals surface area contributed by atoms with E-state index in [0.717, 1.165) is 16.6 Å². The summed E-state index contributed by atoms with van der Waals surface area (Å²) in [5, 5.41) is 0.654. The molecule has 1 N–H and O–H groups in total. The topological polar surface area (TPSA) is 28.7 Å². The maximum Gasteiger partial charge on any atom is 0.141 e. The summed E-state index contributed by atoms with van der Waals surface area (Å²) in [4.78, 5) is 7.50. The standard InChI is InChI=1S/C14H9BrClFN2/c1-7-4-12-13(6-10(7)16)19-14(18-12)9-3-2-8(15)5-11(9)17/h2-6H,1H3,(H,18,19). The fraction of sp³-hybridized carbons (Fsp3) is 0.0714. The van der Waals surface area contributed by atoms with Crippen LogP contribution in [0.25, 0.3) is 22.4 Å². The highest BCUT2D eigenvalue weighted by atomic mass is 79.9. The number of aromatic amines is 1.